The molecular weight excluding hydrogens is 211 g/mol. The molecule has 0 aliphatic heterocycles. The maximum absolute atomic E-state index is 13.3. The average molecular weight is 222 g/mol. The van der Waals surface area contributed by atoms with Gasteiger partial charge in [-0.1, -0.05) is 24.3 Å². The van der Waals surface area contributed by atoms with E-state index < -0.39 is 6.10 Å². The molecule has 1 heterocycles. The van der Waals surface area contributed by atoms with Crippen LogP contribution in [-0.2, 0) is 6.42 Å². The van der Waals surface area contributed by atoms with Crippen molar-refractivity contribution in [2.45, 2.75) is 12.5 Å². The Morgan fingerprint density at radius 2 is 2.00 bits per heavy atom. The maximum atomic E-state index is 13.3. The Labute approximate surface area is 91.8 Å². The van der Waals surface area contributed by atoms with E-state index >= 15 is 0 Å². The minimum absolute atomic E-state index is 0.346. The Hall–Kier alpha value is -1.19. The van der Waals surface area contributed by atoms with E-state index in [1.165, 1.54) is 6.07 Å². The second kappa shape index (κ2) is 4.55. The summed E-state index contributed by atoms with van der Waals surface area (Å²) in [7, 11) is 0. The molecule has 1 N–H and O–H groups in total. The predicted molar refractivity (Wildman–Crippen MR) is 59.4 cm³/mol. The number of benzene rings is 1. The van der Waals surface area contributed by atoms with Crippen LogP contribution in [-0.4, -0.2) is 5.11 Å². The third-order valence-corrected chi connectivity index (χ3v) is 3.14. The summed E-state index contributed by atoms with van der Waals surface area (Å²) in [6.07, 6.45) is -0.289. The van der Waals surface area contributed by atoms with E-state index in [-0.39, 0.29) is 5.82 Å². The average Bonchev–Trinajstić information content (AvgIpc) is 2.71. The van der Waals surface area contributed by atoms with Gasteiger partial charge in [0.25, 0.3) is 0 Å². The molecule has 0 saturated carbocycles. The van der Waals surface area contributed by atoms with E-state index in [9.17, 15) is 9.50 Å². The standard InChI is InChI=1S/C12H11FOS/c13-11-6-2-1-5-10(11)12(14)8-9-4-3-7-15-9/h1-7,12,14H,8H2. The topological polar surface area (TPSA) is 20.2 Å². The lowest BCUT2D eigenvalue weighted by atomic mass is 10.1. The molecule has 1 aromatic carbocycles. The van der Waals surface area contributed by atoms with Gasteiger partial charge in [-0.2, -0.15) is 0 Å². The van der Waals surface area contributed by atoms with Crippen LogP contribution in [0.2, 0.25) is 0 Å². The van der Waals surface area contributed by atoms with E-state index in [2.05, 4.69) is 0 Å². The van der Waals surface area contributed by atoms with Crippen LogP contribution in [0.5, 0.6) is 0 Å². The highest BCUT2D eigenvalue weighted by Crippen LogP contribution is 2.22. The summed E-state index contributed by atoms with van der Waals surface area (Å²) in [6, 6.07) is 10.2. The van der Waals surface area contributed by atoms with E-state index in [1.54, 1.807) is 29.5 Å². The molecule has 0 spiro atoms. The summed E-state index contributed by atoms with van der Waals surface area (Å²) in [4.78, 5) is 1.06. The maximum Gasteiger partial charge on any atom is 0.129 e. The molecule has 1 aromatic heterocycles. The van der Waals surface area contributed by atoms with Gasteiger partial charge in [0.2, 0.25) is 0 Å². The molecular formula is C12H11FOS. The van der Waals surface area contributed by atoms with E-state index in [0.29, 0.717) is 12.0 Å². The van der Waals surface area contributed by atoms with Gasteiger partial charge in [-0.05, 0) is 17.5 Å². The summed E-state index contributed by atoms with van der Waals surface area (Å²) in [5.74, 6) is -0.346. The zero-order chi connectivity index (χ0) is 10.7. The smallest absolute Gasteiger partial charge is 0.129 e. The van der Waals surface area contributed by atoms with Crippen LogP contribution in [0.25, 0.3) is 0 Å². The molecule has 1 atom stereocenters. The van der Waals surface area contributed by atoms with Crippen molar-refractivity contribution in [2.24, 2.45) is 0 Å². The van der Waals surface area contributed by atoms with Crippen molar-refractivity contribution in [1.82, 2.24) is 0 Å². The third kappa shape index (κ3) is 2.43. The number of rotatable bonds is 3. The second-order valence-corrected chi connectivity index (χ2v) is 4.35. The third-order valence-electron chi connectivity index (χ3n) is 2.24. The lowest BCUT2D eigenvalue weighted by Crippen LogP contribution is -2.02. The molecule has 15 heavy (non-hydrogen) atoms. The minimum Gasteiger partial charge on any atom is -0.388 e. The molecule has 1 nitrogen and oxygen atoms in total. The lowest BCUT2D eigenvalue weighted by molar-refractivity contribution is 0.174. The van der Waals surface area contributed by atoms with Crippen LogP contribution in [0.4, 0.5) is 4.39 Å². The number of halogens is 1. The van der Waals surface area contributed by atoms with Gasteiger partial charge < -0.3 is 5.11 Å². The summed E-state index contributed by atoms with van der Waals surface area (Å²) in [5, 5.41) is 11.8. The van der Waals surface area contributed by atoms with Gasteiger partial charge in [0.05, 0.1) is 6.10 Å². The Kier molecular flexibility index (Phi) is 3.14. The normalized spacial score (nSPS) is 12.7. The lowest BCUT2D eigenvalue weighted by Gasteiger charge is -2.10. The van der Waals surface area contributed by atoms with Crippen molar-refractivity contribution >= 4 is 11.3 Å². The minimum atomic E-state index is -0.759. The van der Waals surface area contributed by atoms with E-state index in [1.807, 2.05) is 17.5 Å². The van der Waals surface area contributed by atoms with Gasteiger partial charge in [-0.25, -0.2) is 4.39 Å². The van der Waals surface area contributed by atoms with Crippen molar-refractivity contribution in [3.05, 3.63) is 58.0 Å². The first-order valence-corrected chi connectivity index (χ1v) is 5.60. The molecule has 3 heteroatoms. The Balaban J connectivity index is 2.15. The Morgan fingerprint density at radius 1 is 1.20 bits per heavy atom. The molecule has 2 rings (SSSR count). The first-order chi connectivity index (χ1) is 7.27. The van der Waals surface area contributed by atoms with Crippen molar-refractivity contribution in [2.75, 3.05) is 0 Å². The molecule has 0 bridgehead atoms. The molecule has 0 aliphatic rings. The quantitative estimate of drug-likeness (QED) is 0.845. The van der Waals surface area contributed by atoms with Crippen LogP contribution >= 0.6 is 11.3 Å². The van der Waals surface area contributed by atoms with Gasteiger partial charge in [0.1, 0.15) is 5.82 Å². The number of thiophene rings is 1. The van der Waals surface area contributed by atoms with Crippen molar-refractivity contribution in [3.8, 4) is 0 Å². The highest BCUT2D eigenvalue weighted by atomic mass is 32.1. The molecule has 0 amide bonds. The first-order valence-electron chi connectivity index (χ1n) is 4.72. The number of hydrogen-bond donors (Lipinski definition) is 1. The summed E-state index contributed by atoms with van der Waals surface area (Å²) >= 11 is 1.57. The molecule has 0 radical (unpaired) electrons. The van der Waals surface area contributed by atoms with Gasteiger partial charge in [0, 0.05) is 16.9 Å². The van der Waals surface area contributed by atoms with Crippen molar-refractivity contribution < 1.29 is 9.50 Å². The van der Waals surface area contributed by atoms with Crippen LogP contribution < -0.4 is 0 Å². The largest absolute Gasteiger partial charge is 0.388 e. The second-order valence-electron chi connectivity index (χ2n) is 3.32. The van der Waals surface area contributed by atoms with Crippen LogP contribution in [0.15, 0.2) is 41.8 Å². The van der Waals surface area contributed by atoms with E-state index in [0.717, 1.165) is 4.88 Å². The fourth-order valence-electron chi connectivity index (χ4n) is 1.47. The number of hydrogen-bond acceptors (Lipinski definition) is 2. The molecule has 2 aromatic rings. The zero-order valence-corrected chi connectivity index (χ0v) is 8.88. The highest BCUT2D eigenvalue weighted by molar-refractivity contribution is 7.09. The molecule has 78 valence electrons. The monoisotopic (exact) mass is 222 g/mol. The first kappa shape index (κ1) is 10.3. The SMILES string of the molecule is OC(Cc1cccs1)c1ccccc1F. The summed E-state index contributed by atoms with van der Waals surface area (Å²) in [6.45, 7) is 0. The Bertz CT molecular complexity index is 425. The van der Waals surface area contributed by atoms with Gasteiger partial charge >= 0.3 is 0 Å². The molecule has 0 fully saturated rings. The fraction of sp³-hybridized carbons (Fsp3) is 0.167. The number of aliphatic hydroxyl groups is 1. The van der Waals surface area contributed by atoms with Gasteiger partial charge in [0.15, 0.2) is 0 Å². The highest BCUT2D eigenvalue weighted by Gasteiger charge is 2.12. The van der Waals surface area contributed by atoms with E-state index in [4.69, 9.17) is 0 Å². The van der Waals surface area contributed by atoms with Crippen LogP contribution in [0, 0.1) is 5.82 Å². The number of aliphatic hydroxyl groups excluding tert-OH is 1. The van der Waals surface area contributed by atoms with Gasteiger partial charge in [-0.3, -0.25) is 0 Å². The van der Waals surface area contributed by atoms with Crippen LogP contribution in [0.3, 0.4) is 0 Å². The fourth-order valence-corrected chi connectivity index (χ4v) is 2.22. The Morgan fingerprint density at radius 3 is 2.67 bits per heavy atom. The van der Waals surface area contributed by atoms with Crippen molar-refractivity contribution in [3.63, 3.8) is 0 Å². The molecule has 1 unspecified atom stereocenters. The molecule has 0 saturated heterocycles. The molecule has 0 aliphatic carbocycles. The van der Waals surface area contributed by atoms with Crippen molar-refractivity contribution in [1.29, 1.82) is 0 Å². The zero-order valence-electron chi connectivity index (χ0n) is 8.06. The van der Waals surface area contributed by atoms with Crippen LogP contribution in [0.1, 0.15) is 16.5 Å². The predicted octanol–water partition coefficient (Wildman–Crippen LogP) is 3.16. The van der Waals surface area contributed by atoms with Gasteiger partial charge in [-0.15, -0.1) is 11.3 Å². The summed E-state index contributed by atoms with van der Waals surface area (Å²) in [5.41, 5.74) is 0.367. The summed E-state index contributed by atoms with van der Waals surface area (Å²) < 4.78 is 13.3.